The van der Waals surface area contributed by atoms with Gasteiger partial charge in [-0.25, -0.2) is 0 Å². The highest BCUT2D eigenvalue weighted by atomic mass is 15.2. The van der Waals surface area contributed by atoms with Gasteiger partial charge in [0.15, 0.2) is 0 Å². The van der Waals surface area contributed by atoms with Gasteiger partial charge in [0.2, 0.25) is 0 Å². The van der Waals surface area contributed by atoms with Crippen LogP contribution in [0.25, 0.3) is 0 Å². The van der Waals surface area contributed by atoms with Crippen LogP contribution in [-0.4, -0.2) is 30.6 Å². The van der Waals surface area contributed by atoms with Crippen LogP contribution in [0.2, 0.25) is 0 Å². The van der Waals surface area contributed by atoms with Gasteiger partial charge in [-0.2, -0.15) is 0 Å². The van der Waals surface area contributed by atoms with Crippen LogP contribution in [-0.2, 0) is 0 Å². The van der Waals surface area contributed by atoms with Crippen LogP contribution in [0.4, 0.5) is 0 Å². The molecule has 2 nitrogen and oxygen atoms in total. The minimum atomic E-state index is 0.578. The zero-order valence-corrected chi connectivity index (χ0v) is 10.9. The largest absolute Gasteiger partial charge is 0.330 e. The summed E-state index contributed by atoms with van der Waals surface area (Å²) in [6, 6.07) is 1.43. The Morgan fingerprint density at radius 2 is 1.87 bits per heavy atom. The molecule has 0 heterocycles. The molecule has 1 atom stereocenters. The van der Waals surface area contributed by atoms with E-state index in [0.29, 0.717) is 11.5 Å². The molecule has 0 bridgehead atoms. The van der Waals surface area contributed by atoms with Gasteiger partial charge in [-0.15, -0.1) is 0 Å². The summed E-state index contributed by atoms with van der Waals surface area (Å²) in [6.45, 7) is 7.90. The zero-order valence-electron chi connectivity index (χ0n) is 10.9. The summed E-state index contributed by atoms with van der Waals surface area (Å²) >= 11 is 0. The summed E-state index contributed by atoms with van der Waals surface area (Å²) in [5.74, 6) is 0. The van der Waals surface area contributed by atoms with E-state index in [1.54, 1.807) is 0 Å². The van der Waals surface area contributed by atoms with Crippen molar-refractivity contribution in [3.8, 4) is 0 Å². The van der Waals surface area contributed by atoms with E-state index in [1.165, 1.54) is 25.7 Å². The molecule has 0 aliphatic heterocycles. The van der Waals surface area contributed by atoms with Crippen molar-refractivity contribution in [2.24, 2.45) is 11.1 Å². The summed E-state index contributed by atoms with van der Waals surface area (Å²) < 4.78 is 0. The van der Waals surface area contributed by atoms with Crippen LogP contribution in [0.5, 0.6) is 0 Å². The Bertz CT molecular complexity index is 179. The lowest BCUT2D eigenvalue weighted by atomic mass is 9.75. The minimum Gasteiger partial charge on any atom is -0.330 e. The van der Waals surface area contributed by atoms with E-state index in [-0.39, 0.29) is 0 Å². The zero-order chi connectivity index (χ0) is 11.5. The molecule has 1 fully saturated rings. The predicted molar refractivity (Wildman–Crippen MR) is 66.9 cm³/mol. The third-order valence-electron chi connectivity index (χ3n) is 4.16. The van der Waals surface area contributed by atoms with Gasteiger partial charge in [-0.3, -0.25) is 0 Å². The number of rotatable bonds is 4. The van der Waals surface area contributed by atoms with Crippen molar-refractivity contribution >= 4 is 0 Å². The minimum absolute atomic E-state index is 0.578. The number of nitrogens with zero attached hydrogens (tertiary/aromatic N) is 1. The Balaban J connectivity index is 2.39. The first-order valence-corrected chi connectivity index (χ1v) is 6.38. The van der Waals surface area contributed by atoms with Crippen molar-refractivity contribution in [1.82, 2.24) is 4.90 Å². The maximum atomic E-state index is 5.61. The van der Waals surface area contributed by atoms with Crippen molar-refractivity contribution in [3.63, 3.8) is 0 Å². The molecule has 0 aromatic heterocycles. The molecule has 2 heteroatoms. The molecule has 0 radical (unpaired) electrons. The van der Waals surface area contributed by atoms with E-state index >= 15 is 0 Å². The van der Waals surface area contributed by atoms with E-state index in [4.69, 9.17) is 5.73 Å². The van der Waals surface area contributed by atoms with Gasteiger partial charge in [0, 0.05) is 12.1 Å². The highest BCUT2D eigenvalue weighted by Crippen LogP contribution is 2.37. The lowest BCUT2D eigenvalue weighted by Crippen LogP contribution is -2.42. The average Bonchev–Trinajstić information content (AvgIpc) is 2.17. The van der Waals surface area contributed by atoms with Gasteiger partial charge >= 0.3 is 0 Å². The standard InChI is InChI=1S/C13H28N2/c1-11(7-10-14)15(4)12-5-8-13(2,3)9-6-12/h11-12H,5-10,14H2,1-4H3. The number of nitrogens with two attached hydrogens (primary N) is 1. The van der Waals surface area contributed by atoms with E-state index in [1.807, 2.05) is 0 Å². The van der Waals surface area contributed by atoms with Crippen LogP contribution < -0.4 is 5.73 Å². The maximum absolute atomic E-state index is 5.61. The quantitative estimate of drug-likeness (QED) is 0.776. The Morgan fingerprint density at radius 1 is 1.33 bits per heavy atom. The molecule has 0 aromatic carbocycles. The number of hydrogen-bond acceptors (Lipinski definition) is 2. The molecule has 1 aliphatic carbocycles. The fraction of sp³-hybridized carbons (Fsp3) is 1.00. The van der Waals surface area contributed by atoms with E-state index in [2.05, 4.69) is 32.7 Å². The highest BCUT2D eigenvalue weighted by Gasteiger charge is 2.29. The molecule has 0 saturated heterocycles. The molecule has 2 N–H and O–H groups in total. The molecule has 15 heavy (non-hydrogen) atoms. The molecule has 1 rings (SSSR count). The second-order valence-electron chi connectivity index (χ2n) is 5.99. The third kappa shape index (κ3) is 3.76. The normalized spacial score (nSPS) is 24.4. The van der Waals surface area contributed by atoms with E-state index in [0.717, 1.165) is 19.0 Å². The van der Waals surface area contributed by atoms with Crippen LogP contribution in [0, 0.1) is 5.41 Å². The van der Waals surface area contributed by atoms with Gasteiger partial charge < -0.3 is 10.6 Å². The monoisotopic (exact) mass is 212 g/mol. The molecule has 0 spiro atoms. The van der Waals surface area contributed by atoms with Crippen molar-refractivity contribution in [3.05, 3.63) is 0 Å². The molecule has 0 aromatic rings. The highest BCUT2D eigenvalue weighted by molar-refractivity contribution is 4.84. The van der Waals surface area contributed by atoms with Gasteiger partial charge in [-0.05, 0) is 58.0 Å². The van der Waals surface area contributed by atoms with Gasteiger partial charge in [0.1, 0.15) is 0 Å². The molecule has 1 aliphatic rings. The SMILES string of the molecule is CC(CCN)N(C)C1CCC(C)(C)CC1. The molecule has 0 amide bonds. The average molecular weight is 212 g/mol. The van der Waals surface area contributed by atoms with Crippen LogP contribution in [0.1, 0.15) is 52.9 Å². The summed E-state index contributed by atoms with van der Waals surface area (Å²) in [4.78, 5) is 2.54. The maximum Gasteiger partial charge on any atom is 0.00954 e. The lowest BCUT2D eigenvalue weighted by Gasteiger charge is -2.41. The molecule has 90 valence electrons. The first kappa shape index (κ1) is 13.0. The summed E-state index contributed by atoms with van der Waals surface area (Å²) in [7, 11) is 2.27. The van der Waals surface area contributed by atoms with Crippen molar-refractivity contribution in [2.45, 2.75) is 65.0 Å². The predicted octanol–water partition coefficient (Wildman–Crippen LogP) is 2.62. The molecular weight excluding hydrogens is 184 g/mol. The van der Waals surface area contributed by atoms with E-state index < -0.39 is 0 Å². The first-order chi connectivity index (χ1) is 6.96. The first-order valence-electron chi connectivity index (χ1n) is 6.38. The van der Waals surface area contributed by atoms with Crippen molar-refractivity contribution in [2.75, 3.05) is 13.6 Å². The molecule has 1 saturated carbocycles. The lowest BCUT2D eigenvalue weighted by molar-refractivity contribution is 0.0978. The van der Waals surface area contributed by atoms with Crippen LogP contribution >= 0.6 is 0 Å². The summed E-state index contributed by atoms with van der Waals surface area (Å²) in [6.07, 6.45) is 6.59. The van der Waals surface area contributed by atoms with E-state index in [9.17, 15) is 0 Å². The molecular formula is C13H28N2. The van der Waals surface area contributed by atoms with Crippen LogP contribution in [0.15, 0.2) is 0 Å². The summed E-state index contributed by atoms with van der Waals surface area (Å²) in [5, 5.41) is 0. The smallest absolute Gasteiger partial charge is 0.00954 e. The Morgan fingerprint density at radius 3 is 2.33 bits per heavy atom. The summed E-state index contributed by atoms with van der Waals surface area (Å²) in [5.41, 5.74) is 6.19. The van der Waals surface area contributed by atoms with Crippen LogP contribution in [0.3, 0.4) is 0 Å². The topological polar surface area (TPSA) is 29.3 Å². The second-order valence-corrected chi connectivity index (χ2v) is 5.99. The van der Waals surface area contributed by atoms with Gasteiger partial charge in [0.05, 0.1) is 0 Å². The second kappa shape index (κ2) is 5.31. The fourth-order valence-corrected chi connectivity index (χ4v) is 2.60. The van der Waals surface area contributed by atoms with Crippen molar-refractivity contribution in [1.29, 1.82) is 0 Å². The number of hydrogen-bond donors (Lipinski definition) is 1. The third-order valence-corrected chi connectivity index (χ3v) is 4.16. The van der Waals surface area contributed by atoms with Crippen molar-refractivity contribution < 1.29 is 0 Å². The fourth-order valence-electron chi connectivity index (χ4n) is 2.60. The Hall–Kier alpha value is -0.0800. The van der Waals surface area contributed by atoms with Gasteiger partial charge in [-0.1, -0.05) is 13.8 Å². The van der Waals surface area contributed by atoms with Gasteiger partial charge in [0.25, 0.3) is 0 Å². The Kier molecular flexibility index (Phi) is 4.60. The Labute approximate surface area is 95.2 Å². The molecule has 1 unspecified atom stereocenters.